The zero-order valence-corrected chi connectivity index (χ0v) is 24.0. The summed E-state index contributed by atoms with van der Waals surface area (Å²) in [7, 11) is 0. The maximum Gasteiger partial charge on any atom is 0.321 e. The van der Waals surface area contributed by atoms with Crippen molar-refractivity contribution in [3.63, 3.8) is 0 Å². The van der Waals surface area contributed by atoms with Crippen LogP contribution in [0.3, 0.4) is 0 Å². The highest BCUT2D eigenvalue weighted by Crippen LogP contribution is 2.34. The fourth-order valence-electron chi connectivity index (χ4n) is 4.72. The van der Waals surface area contributed by atoms with E-state index in [0.29, 0.717) is 36.1 Å². The first-order chi connectivity index (χ1) is 19.9. The third-order valence-corrected chi connectivity index (χ3v) is 6.74. The molecule has 4 aromatic rings. The molecule has 3 aromatic heterocycles. The number of amides is 3. The largest absolute Gasteiger partial charge is 0.340 e. The van der Waals surface area contributed by atoms with Crippen LogP contribution >= 0.6 is 0 Å². The summed E-state index contributed by atoms with van der Waals surface area (Å²) in [6.45, 7) is 12.0. The van der Waals surface area contributed by atoms with Crippen molar-refractivity contribution < 1.29 is 14.0 Å². The number of anilines is 1. The van der Waals surface area contributed by atoms with Crippen LogP contribution in [-0.2, 0) is 11.3 Å². The van der Waals surface area contributed by atoms with Crippen molar-refractivity contribution >= 4 is 28.9 Å². The average molecular weight is 561 g/mol. The van der Waals surface area contributed by atoms with Gasteiger partial charge in [-0.15, -0.1) is 0 Å². The Balaban J connectivity index is 0.00000189. The van der Waals surface area contributed by atoms with Crippen LogP contribution in [0.15, 0.2) is 48.8 Å². The number of rotatable bonds is 7. The van der Waals surface area contributed by atoms with Gasteiger partial charge >= 0.3 is 6.03 Å². The Bertz CT molecular complexity index is 1480. The van der Waals surface area contributed by atoms with Gasteiger partial charge in [0.2, 0.25) is 11.9 Å². The maximum absolute atomic E-state index is 14.8. The fraction of sp³-hybridized carbons (Fsp3) is 0.367. The van der Waals surface area contributed by atoms with Crippen LogP contribution in [0.2, 0.25) is 0 Å². The highest BCUT2D eigenvalue weighted by molar-refractivity contribution is 5.98. The second kappa shape index (κ2) is 13.8. The molecule has 41 heavy (non-hydrogen) atoms. The van der Waals surface area contributed by atoms with Crippen LogP contribution in [-0.4, -0.2) is 74.4 Å². The maximum atomic E-state index is 14.8. The van der Waals surface area contributed by atoms with Gasteiger partial charge in [0, 0.05) is 69.2 Å². The SMILES string of the molecule is CC.CCNC(=O)Nc1nc2c(-c3ncccc3F)cc(-c3ccc(CN4CCN(C(=O)CC)CC4)nc3)cc2[nH]1. The van der Waals surface area contributed by atoms with Crippen molar-refractivity contribution in [3.05, 3.63) is 60.3 Å². The molecule has 0 bridgehead atoms. The van der Waals surface area contributed by atoms with Crippen molar-refractivity contribution in [3.8, 4) is 22.4 Å². The number of aromatic nitrogens is 4. The van der Waals surface area contributed by atoms with Crippen molar-refractivity contribution in [1.82, 2.24) is 35.1 Å². The average Bonchev–Trinajstić information content (AvgIpc) is 3.41. The molecule has 1 aliphatic rings. The van der Waals surface area contributed by atoms with Crippen molar-refractivity contribution in [2.45, 2.75) is 40.7 Å². The number of nitrogens with zero attached hydrogens (tertiary/aromatic N) is 5. The first-order valence-electron chi connectivity index (χ1n) is 14.1. The molecule has 1 aliphatic heterocycles. The van der Waals surface area contributed by atoms with E-state index >= 15 is 0 Å². The van der Waals surface area contributed by atoms with E-state index in [2.05, 4.69) is 35.5 Å². The van der Waals surface area contributed by atoms with Gasteiger partial charge in [-0.1, -0.05) is 26.8 Å². The Morgan fingerprint density at radius 2 is 1.80 bits per heavy atom. The molecule has 10 nitrogen and oxygen atoms in total. The Hall–Kier alpha value is -4.38. The van der Waals surface area contributed by atoms with Gasteiger partial charge in [0.05, 0.1) is 11.2 Å². The second-order valence-corrected chi connectivity index (χ2v) is 9.37. The summed E-state index contributed by atoms with van der Waals surface area (Å²) < 4.78 is 14.8. The highest BCUT2D eigenvalue weighted by Gasteiger charge is 2.21. The molecule has 0 aliphatic carbocycles. The van der Waals surface area contributed by atoms with E-state index in [0.717, 1.165) is 43.0 Å². The molecule has 5 rings (SSSR count). The zero-order chi connectivity index (χ0) is 29.4. The number of urea groups is 1. The molecule has 1 fully saturated rings. The monoisotopic (exact) mass is 560 g/mol. The van der Waals surface area contributed by atoms with Gasteiger partial charge in [-0.2, -0.15) is 0 Å². The van der Waals surface area contributed by atoms with Crippen LogP contribution < -0.4 is 10.6 Å². The fourth-order valence-corrected chi connectivity index (χ4v) is 4.72. The number of carbonyl (C=O) groups excluding carboxylic acids is 2. The molecule has 0 unspecified atom stereocenters. The van der Waals surface area contributed by atoms with Crippen LogP contribution in [0.5, 0.6) is 0 Å². The molecule has 3 amide bonds. The first kappa shape index (κ1) is 29.6. The summed E-state index contributed by atoms with van der Waals surface area (Å²) in [5.74, 6) is -0.0188. The van der Waals surface area contributed by atoms with Crippen LogP contribution in [0, 0.1) is 5.82 Å². The van der Waals surface area contributed by atoms with Gasteiger partial charge in [-0.3, -0.25) is 25.0 Å². The number of carbonyl (C=O) groups is 2. The Labute approximate surface area is 239 Å². The van der Waals surface area contributed by atoms with Gasteiger partial charge < -0.3 is 15.2 Å². The molecule has 216 valence electrons. The molecular weight excluding hydrogens is 523 g/mol. The molecule has 3 N–H and O–H groups in total. The van der Waals surface area contributed by atoms with Gasteiger partial charge in [0.15, 0.2) is 0 Å². The number of pyridine rings is 2. The minimum Gasteiger partial charge on any atom is -0.340 e. The molecule has 1 saturated heterocycles. The minimum atomic E-state index is -0.466. The summed E-state index contributed by atoms with van der Waals surface area (Å²) in [5, 5.41) is 5.34. The molecule has 0 spiro atoms. The molecule has 4 heterocycles. The number of benzene rings is 1. The van der Waals surface area contributed by atoms with E-state index in [1.165, 1.54) is 18.3 Å². The molecular formula is C30H37FN8O2. The smallest absolute Gasteiger partial charge is 0.321 e. The Morgan fingerprint density at radius 1 is 1.02 bits per heavy atom. The Kier molecular flexibility index (Phi) is 9.96. The summed E-state index contributed by atoms with van der Waals surface area (Å²) >= 11 is 0. The van der Waals surface area contributed by atoms with Crippen LogP contribution in [0.4, 0.5) is 15.1 Å². The van der Waals surface area contributed by atoms with Crippen molar-refractivity contribution in [1.29, 1.82) is 0 Å². The number of piperazine rings is 1. The molecule has 1 aromatic carbocycles. The van der Waals surface area contributed by atoms with Gasteiger partial charge in [-0.05, 0) is 42.8 Å². The number of fused-ring (bicyclic) bond motifs is 1. The van der Waals surface area contributed by atoms with E-state index < -0.39 is 5.82 Å². The van der Waals surface area contributed by atoms with Gasteiger partial charge in [0.1, 0.15) is 17.0 Å². The van der Waals surface area contributed by atoms with Crippen LogP contribution in [0.1, 0.15) is 39.8 Å². The third kappa shape index (κ3) is 7.04. The number of imidazole rings is 1. The van der Waals surface area contributed by atoms with Gasteiger partial charge in [0.25, 0.3) is 0 Å². The summed E-state index contributed by atoms with van der Waals surface area (Å²) in [5.41, 5.74) is 4.39. The van der Waals surface area contributed by atoms with E-state index in [1.54, 1.807) is 6.20 Å². The zero-order valence-electron chi connectivity index (χ0n) is 24.0. The third-order valence-electron chi connectivity index (χ3n) is 6.74. The lowest BCUT2D eigenvalue weighted by Crippen LogP contribution is -2.48. The van der Waals surface area contributed by atoms with E-state index in [9.17, 15) is 14.0 Å². The summed E-state index contributed by atoms with van der Waals surface area (Å²) in [6.07, 6.45) is 3.87. The van der Waals surface area contributed by atoms with E-state index in [4.69, 9.17) is 0 Å². The summed E-state index contributed by atoms with van der Waals surface area (Å²) in [4.78, 5) is 44.8. The number of halogens is 1. The van der Waals surface area contributed by atoms with Gasteiger partial charge in [-0.25, -0.2) is 14.2 Å². The van der Waals surface area contributed by atoms with E-state index in [-0.39, 0.29) is 23.6 Å². The lowest BCUT2D eigenvalue weighted by Gasteiger charge is -2.34. The highest BCUT2D eigenvalue weighted by atomic mass is 19.1. The van der Waals surface area contributed by atoms with Crippen molar-refractivity contribution in [2.75, 3.05) is 38.0 Å². The number of hydrogen-bond acceptors (Lipinski definition) is 6. The minimum absolute atomic E-state index is 0.172. The predicted molar refractivity (Wildman–Crippen MR) is 159 cm³/mol. The molecule has 11 heteroatoms. The molecule has 0 atom stereocenters. The second-order valence-electron chi connectivity index (χ2n) is 9.37. The summed E-state index contributed by atoms with van der Waals surface area (Å²) in [6, 6.07) is 10.2. The number of aromatic amines is 1. The lowest BCUT2D eigenvalue weighted by molar-refractivity contribution is -0.132. The van der Waals surface area contributed by atoms with Crippen molar-refractivity contribution in [2.24, 2.45) is 0 Å². The van der Waals surface area contributed by atoms with Crippen LogP contribution in [0.25, 0.3) is 33.4 Å². The lowest BCUT2D eigenvalue weighted by atomic mass is 10.0. The first-order valence-corrected chi connectivity index (χ1v) is 14.1. The Morgan fingerprint density at radius 3 is 2.46 bits per heavy atom. The number of nitrogens with one attached hydrogen (secondary N) is 3. The number of hydrogen-bond donors (Lipinski definition) is 3. The molecule has 0 radical (unpaired) electrons. The normalized spacial score (nSPS) is 13.4. The molecule has 0 saturated carbocycles. The standard InChI is InChI=1S/C28H31FN8O2.C2H6/c1-3-24(38)37-12-10-36(11-13-37)17-20-8-7-18(16-32-20)19-14-21(25-22(29)6-5-9-31-25)26-23(15-19)33-27(34-26)35-28(39)30-4-2;1-2/h5-9,14-16H,3-4,10-13,17H2,1-2H3,(H3,30,33,34,35,39);1-2H3. The predicted octanol–water partition coefficient (Wildman–Crippen LogP) is 5.05. The topological polar surface area (TPSA) is 119 Å². The quantitative estimate of drug-likeness (QED) is 0.291. The van der Waals surface area contributed by atoms with E-state index in [1.807, 2.05) is 56.9 Å². The number of H-pyrrole nitrogens is 1.